The van der Waals surface area contributed by atoms with Crippen molar-refractivity contribution in [1.82, 2.24) is 4.90 Å². The van der Waals surface area contributed by atoms with Gasteiger partial charge in [0.2, 0.25) is 0 Å². The molecule has 0 aliphatic heterocycles. The monoisotopic (exact) mass is 319 g/mol. The minimum atomic E-state index is -0.495. The Morgan fingerprint density at radius 3 is 2.50 bits per heavy atom. The largest absolute Gasteiger partial charge is 0.455 e. The van der Waals surface area contributed by atoms with Crippen LogP contribution in [-0.4, -0.2) is 35.0 Å². The van der Waals surface area contributed by atoms with Gasteiger partial charge in [0.15, 0.2) is 0 Å². The highest BCUT2D eigenvalue weighted by atomic mass is 32.2. The van der Waals surface area contributed by atoms with Crippen molar-refractivity contribution in [1.29, 1.82) is 0 Å². The fraction of sp³-hybridized carbons (Fsp3) is 0.412. The number of rotatable bonds is 5. The Hall–Kier alpha value is -1.93. The molecule has 5 heteroatoms. The van der Waals surface area contributed by atoms with Gasteiger partial charge in [0.1, 0.15) is 6.10 Å². The molecule has 118 valence electrons. The van der Waals surface area contributed by atoms with Crippen LogP contribution < -0.4 is 0 Å². The molecule has 0 aliphatic rings. The molecule has 22 heavy (non-hydrogen) atoms. The van der Waals surface area contributed by atoms with Gasteiger partial charge >= 0.3 is 5.97 Å². The summed E-state index contributed by atoms with van der Waals surface area (Å²) in [5.74, 6) is 5.69. The highest BCUT2D eigenvalue weighted by molar-refractivity contribution is 8.13. The summed E-state index contributed by atoms with van der Waals surface area (Å²) in [6.07, 6.45) is -0.495. The van der Waals surface area contributed by atoms with E-state index >= 15 is 0 Å². The molecule has 0 saturated carbocycles. The summed E-state index contributed by atoms with van der Waals surface area (Å²) in [7, 11) is 1.71. The van der Waals surface area contributed by atoms with Gasteiger partial charge in [-0.1, -0.05) is 48.0 Å². The highest BCUT2D eigenvalue weighted by Crippen LogP contribution is 2.26. The number of nitrogens with zero attached hydrogens (tertiary/aromatic N) is 1. The first-order valence-electron chi connectivity index (χ1n) is 6.98. The number of hydrogen-bond acceptors (Lipinski definition) is 4. The molecule has 1 amide bonds. The smallest absolute Gasteiger partial charge is 0.303 e. The van der Waals surface area contributed by atoms with Crippen molar-refractivity contribution in [2.75, 3.05) is 12.8 Å². The van der Waals surface area contributed by atoms with Crippen LogP contribution >= 0.6 is 11.8 Å². The molecule has 2 atom stereocenters. The van der Waals surface area contributed by atoms with Crippen molar-refractivity contribution in [3.63, 3.8) is 0 Å². The molecule has 0 aliphatic carbocycles. The Kier molecular flexibility index (Phi) is 7.55. The summed E-state index contributed by atoms with van der Waals surface area (Å²) in [6, 6.07) is 9.15. The van der Waals surface area contributed by atoms with Crippen LogP contribution in [0.4, 0.5) is 4.79 Å². The zero-order valence-corrected chi connectivity index (χ0v) is 14.1. The van der Waals surface area contributed by atoms with Gasteiger partial charge in [-0.25, -0.2) is 0 Å². The van der Waals surface area contributed by atoms with Crippen molar-refractivity contribution >= 4 is 23.0 Å². The van der Waals surface area contributed by atoms with E-state index < -0.39 is 6.10 Å². The average molecular weight is 319 g/mol. The van der Waals surface area contributed by atoms with E-state index in [2.05, 4.69) is 11.8 Å². The molecule has 1 rings (SSSR count). The zero-order valence-electron chi connectivity index (χ0n) is 13.3. The van der Waals surface area contributed by atoms with Crippen LogP contribution in [0.5, 0.6) is 0 Å². The second kappa shape index (κ2) is 9.16. The number of carbonyl (C=O) groups is 2. The number of benzene rings is 1. The van der Waals surface area contributed by atoms with E-state index in [0.717, 1.165) is 17.3 Å². The quantitative estimate of drug-likeness (QED) is 0.616. The standard InChI is InChI=1S/C17H21NO3S/c1-5-6-12-22-17(20)18(4)13(2)16(21-14(3)19)15-10-8-7-9-11-15/h7-11,13,16H,12H2,1-4H3/t13-,16+/m1/s1. The van der Waals surface area contributed by atoms with Crippen LogP contribution in [0.25, 0.3) is 0 Å². The molecule has 0 fully saturated rings. The van der Waals surface area contributed by atoms with E-state index in [1.54, 1.807) is 18.9 Å². The van der Waals surface area contributed by atoms with Crippen molar-refractivity contribution in [2.45, 2.75) is 32.9 Å². The van der Waals surface area contributed by atoms with E-state index in [1.165, 1.54) is 6.92 Å². The lowest BCUT2D eigenvalue weighted by molar-refractivity contribution is -0.149. The van der Waals surface area contributed by atoms with Gasteiger partial charge in [0, 0.05) is 14.0 Å². The molecule has 0 heterocycles. The summed E-state index contributed by atoms with van der Waals surface area (Å²) in [5.41, 5.74) is 0.864. The maximum atomic E-state index is 12.2. The summed E-state index contributed by atoms with van der Waals surface area (Å²) < 4.78 is 5.43. The van der Waals surface area contributed by atoms with E-state index in [4.69, 9.17) is 4.74 Å². The SMILES string of the molecule is CC#CCSC(=O)N(C)[C@H](C)[C@H](OC(C)=O)c1ccccc1. The van der Waals surface area contributed by atoms with Crippen LogP contribution in [0.3, 0.4) is 0 Å². The topological polar surface area (TPSA) is 46.6 Å². The van der Waals surface area contributed by atoms with E-state index in [-0.39, 0.29) is 17.3 Å². The highest BCUT2D eigenvalue weighted by Gasteiger charge is 2.28. The first-order valence-corrected chi connectivity index (χ1v) is 7.97. The zero-order chi connectivity index (χ0) is 16.5. The normalized spacial score (nSPS) is 12.5. The molecule has 0 radical (unpaired) electrons. The number of likely N-dealkylation sites (N-methyl/N-ethyl adjacent to an activating group) is 1. The van der Waals surface area contributed by atoms with Gasteiger partial charge in [-0.05, 0) is 19.4 Å². The van der Waals surface area contributed by atoms with Gasteiger partial charge in [0.25, 0.3) is 5.24 Å². The second-order valence-corrected chi connectivity index (χ2v) is 5.70. The number of hydrogen-bond donors (Lipinski definition) is 0. The van der Waals surface area contributed by atoms with E-state index in [9.17, 15) is 9.59 Å². The second-order valence-electron chi connectivity index (χ2n) is 4.77. The number of ether oxygens (including phenoxy) is 1. The molecule has 1 aromatic rings. The van der Waals surface area contributed by atoms with Gasteiger partial charge in [-0.2, -0.15) is 0 Å². The third-order valence-corrected chi connectivity index (χ3v) is 4.03. The van der Waals surface area contributed by atoms with Crippen molar-refractivity contribution in [3.8, 4) is 11.8 Å². The maximum Gasteiger partial charge on any atom is 0.303 e. The molecular weight excluding hydrogens is 298 g/mol. The van der Waals surface area contributed by atoms with E-state index in [1.807, 2.05) is 37.3 Å². The van der Waals surface area contributed by atoms with Gasteiger partial charge in [-0.15, -0.1) is 5.92 Å². The summed E-state index contributed by atoms with van der Waals surface area (Å²) in [4.78, 5) is 25.1. The lowest BCUT2D eigenvalue weighted by Gasteiger charge is -2.31. The molecule has 0 saturated heterocycles. The van der Waals surface area contributed by atoms with Gasteiger partial charge in [-0.3, -0.25) is 9.59 Å². The van der Waals surface area contributed by atoms with Crippen molar-refractivity contribution < 1.29 is 14.3 Å². The summed E-state index contributed by atoms with van der Waals surface area (Å²) in [5, 5.41) is -0.0941. The number of carbonyl (C=O) groups excluding carboxylic acids is 2. The molecular formula is C17H21NO3S. The molecule has 0 N–H and O–H groups in total. The molecule has 4 nitrogen and oxygen atoms in total. The van der Waals surface area contributed by atoms with Gasteiger partial charge < -0.3 is 9.64 Å². The van der Waals surface area contributed by atoms with Crippen LogP contribution in [0.15, 0.2) is 30.3 Å². The lowest BCUT2D eigenvalue weighted by atomic mass is 10.0. The third kappa shape index (κ3) is 5.45. The van der Waals surface area contributed by atoms with Crippen LogP contribution in [0.2, 0.25) is 0 Å². The Balaban J connectivity index is 2.86. The maximum absolute atomic E-state index is 12.2. The third-order valence-electron chi connectivity index (χ3n) is 3.20. The average Bonchev–Trinajstić information content (AvgIpc) is 2.52. The fourth-order valence-electron chi connectivity index (χ4n) is 1.91. The molecule has 0 spiro atoms. The molecule has 0 unspecified atom stereocenters. The number of thioether (sulfide) groups is 1. The van der Waals surface area contributed by atoms with Crippen LogP contribution in [-0.2, 0) is 9.53 Å². The minimum Gasteiger partial charge on any atom is -0.455 e. The summed E-state index contributed by atoms with van der Waals surface area (Å²) in [6.45, 7) is 4.98. The Morgan fingerprint density at radius 1 is 1.32 bits per heavy atom. The van der Waals surface area contributed by atoms with E-state index in [0.29, 0.717) is 5.75 Å². The first kappa shape index (κ1) is 18.1. The van der Waals surface area contributed by atoms with Crippen LogP contribution in [0, 0.1) is 11.8 Å². The Morgan fingerprint density at radius 2 is 1.95 bits per heavy atom. The molecule has 1 aromatic carbocycles. The van der Waals surface area contributed by atoms with Crippen molar-refractivity contribution in [2.24, 2.45) is 0 Å². The Bertz CT molecular complexity index is 562. The number of amides is 1. The fourth-order valence-corrected chi connectivity index (χ4v) is 2.62. The Labute approximate surface area is 136 Å². The van der Waals surface area contributed by atoms with Crippen LogP contribution in [0.1, 0.15) is 32.4 Å². The minimum absolute atomic E-state index is 0.0941. The number of esters is 1. The molecule has 0 aromatic heterocycles. The molecule has 0 bridgehead atoms. The predicted molar refractivity (Wildman–Crippen MR) is 89.5 cm³/mol. The summed E-state index contributed by atoms with van der Waals surface area (Å²) >= 11 is 1.14. The van der Waals surface area contributed by atoms with Gasteiger partial charge in [0.05, 0.1) is 11.8 Å². The predicted octanol–water partition coefficient (Wildman–Crippen LogP) is 3.49. The van der Waals surface area contributed by atoms with Crippen molar-refractivity contribution in [3.05, 3.63) is 35.9 Å². The first-order chi connectivity index (χ1) is 10.5. The lowest BCUT2D eigenvalue weighted by Crippen LogP contribution is -2.38.